The molecule has 0 fully saturated rings. The van der Waals surface area contributed by atoms with Crippen molar-refractivity contribution in [1.82, 2.24) is 5.32 Å². The number of nitrogens with one attached hydrogen (secondary N) is 1. The van der Waals surface area contributed by atoms with E-state index < -0.39 is 0 Å². The minimum Gasteiger partial charge on any atom is -0.493 e. The summed E-state index contributed by atoms with van der Waals surface area (Å²) in [5.74, 6) is 2.10. The van der Waals surface area contributed by atoms with Gasteiger partial charge in [-0.2, -0.15) is 0 Å². The minimum absolute atomic E-state index is 0.259. The van der Waals surface area contributed by atoms with E-state index in [4.69, 9.17) is 9.47 Å². The molecule has 0 amide bonds. The lowest BCUT2D eigenvalue weighted by atomic mass is 10.1. The maximum atomic E-state index is 5.80. The Kier molecular flexibility index (Phi) is 6.28. The number of hydrogen-bond donors (Lipinski definition) is 1. The van der Waals surface area contributed by atoms with Gasteiger partial charge in [0.25, 0.3) is 0 Å². The Labute approximate surface area is 137 Å². The average Bonchev–Trinajstić information content (AvgIpc) is 3.03. The zero-order valence-corrected chi connectivity index (χ0v) is 14.6. The van der Waals surface area contributed by atoms with E-state index in [2.05, 4.69) is 55.7 Å². The second-order valence-corrected chi connectivity index (χ2v) is 6.83. The fraction of sp³-hybridized carbons (Fsp3) is 0.444. The van der Waals surface area contributed by atoms with Gasteiger partial charge in [-0.05, 0) is 42.0 Å². The average molecular weight is 319 g/mol. The summed E-state index contributed by atoms with van der Waals surface area (Å²) in [6.45, 7) is 8.01. The fourth-order valence-corrected chi connectivity index (χ4v) is 2.77. The molecular weight excluding hydrogens is 294 g/mol. The molecule has 0 aliphatic heterocycles. The summed E-state index contributed by atoms with van der Waals surface area (Å²) in [5.41, 5.74) is 1.20. The molecule has 0 saturated heterocycles. The summed E-state index contributed by atoms with van der Waals surface area (Å²) in [6.07, 6.45) is 0. The van der Waals surface area contributed by atoms with E-state index in [1.807, 2.05) is 6.07 Å². The van der Waals surface area contributed by atoms with Crippen LogP contribution in [-0.4, -0.2) is 13.7 Å². The molecule has 1 unspecified atom stereocenters. The third-order valence-electron chi connectivity index (χ3n) is 3.42. The Hall–Kier alpha value is -1.52. The maximum absolute atomic E-state index is 5.80. The van der Waals surface area contributed by atoms with Gasteiger partial charge in [0, 0.05) is 17.5 Å². The first-order valence-corrected chi connectivity index (χ1v) is 8.54. The molecule has 0 aliphatic carbocycles. The molecule has 2 aromatic rings. The van der Waals surface area contributed by atoms with Gasteiger partial charge < -0.3 is 14.8 Å². The lowest BCUT2D eigenvalue weighted by Crippen LogP contribution is -2.17. The smallest absolute Gasteiger partial charge is 0.161 e. The van der Waals surface area contributed by atoms with Crippen LogP contribution in [0.3, 0.4) is 0 Å². The van der Waals surface area contributed by atoms with Crippen LogP contribution in [0.5, 0.6) is 11.5 Å². The molecule has 0 radical (unpaired) electrons. The van der Waals surface area contributed by atoms with Crippen molar-refractivity contribution in [3.05, 3.63) is 46.2 Å². The molecule has 2 rings (SSSR count). The molecule has 1 aromatic heterocycles. The lowest BCUT2D eigenvalue weighted by molar-refractivity contribution is 0.256. The van der Waals surface area contributed by atoms with E-state index in [9.17, 15) is 0 Å². The van der Waals surface area contributed by atoms with Gasteiger partial charge in [0.2, 0.25) is 0 Å². The molecule has 1 atom stereocenters. The van der Waals surface area contributed by atoms with E-state index in [1.165, 1.54) is 10.4 Å². The molecule has 0 spiro atoms. The first kappa shape index (κ1) is 16.8. The van der Waals surface area contributed by atoms with Crippen LogP contribution in [0.2, 0.25) is 0 Å². The van der Waals surface area contributed by atoms with Gasteiger partial charge >= 0.3 is 0 Å². The zero-order chi connectivity index (χ0) is 15.9. The molecule has 0 bridgehead atoms. The van der Waals surface area contributed by atoms with Crippen LogP contribution in [0, 0.1) is 5.92 Å². The van der Waals surface area contributed by atoms with Crippen LogP contribution in [0.15, 0.2) is 35.7 Å². The van der Waals surface area contributed by atoms with Gasteiger partial charge in [-0.25, -0.2) is 0 Å². The standard InChI is InChI=1S/C18H25NO2S/c1-13(2)12-21-17-8-7-15(10-18(17)20-4)14(3)19-11-16-6-5-9-22-16/h5-10,13-14,19H,11-12H2,1-4H3. The van der Waals surface area contributed by atoms with Crippen molar-refractivity contribution < 1.29 is 9.47 Å². The van der Waals surface area contributed by atoms with Gasteiger partial charge in [-0.15, -0.1) is 11.3 Å². The molecule has 1 N–H and O–H groups in total. The van der Waals surface area contributed by atoms with Gasteiger partial charge in [-0.1, -0.05) is 26.0 Å². The quantitative estimate of drug-likeness (QED) is 0.768. The Balaban J connectivity index is 2.01. The predicted molar refractivity (Wildman–Crippen MR) is 92.9 cm³/mol. The molecule has 120 valence electrons. The van der Waals surface area contributed by atoms with Crippen LogP contribution in [-0.2, 0) is 6.54 Å². The Morgan fingerprint density at radius 2 is 1.95 bits per heavy atom. The van der Waals surface area contributed by atoms with Gasteiger partial charge in [0.05, 0.1) is 13.7 Å². The molecule has 1 heterocycles. The van der Waals surface area contributed by atoms with E-state index in [-0.39, 0.29) is 6.04 Å². The van der Waals surface area contributed by atoms with Crippen molar-refractivity contribution >= 4 is 11.3 Å². The molecule has 1 aromatic carbocycles. The van der Waals surface area contributed by atoms with Crippen molar-refractivity contribution in [2.24, 2.45) is 5.92 Å². The Bertz CT molecular complexity index is 566. The van der Waals surface area contributed by atoms with Crippen LogP contribution in [0.4, 0.5) is 0 Å². The first-order chi connectivity index (χ1) is 10.6. The highest BCUT2D eigenvalue weighted by molar-refractivity contribution is 7.09. The summed E-state index contributed by atoms with van der Waals surface area (Å²) in [6, 6.07) is 10.6. The zero-order valence-electron chi connectivity index (χ0n) is 13.8. The van der Waals surface area contributed by atoms with Crippen molar-refractivity contribution in [3.63, 3.8) is 0 Å². The third kappa shape index (κ3) is 4.75. The van der Waals surface area contributed by atoms with Crippen molar-refractivity contribution in [2.75, 3.05) is 13.7 Å². The third-order valence-corrected chi connectivity index (χ3v) is 4.30. The summed E-state index contributed by atoms with van der Waals surface area (Å²) >= 11 is 1.77. The number of ether oxygens (including phenoxy) is 2. The SMILES string of the molecule is COc1cc(C(C)NCc2cccs2)ccc1OCC(C)C. The molecule has 0 aliphatic rings. The fourth-order valence-electron chi connectivity index (χ4n) is 2.11. The summed E-state index contributed by atoms with van der Waals surface area (Å²) in [4.78, 5) is 1.34. The number of benzene rings is 1. The second-order valence-electron chi connectivity index (χ2n) is 5.80. The molecule has 22 heavy (non-hydrogen) atoms. The van der Waals surface area contributed by atoms with Crippen LogP contribution >= 0.6 is 11.3 Å². The number of methoxy groups -OCH3 is 1. The lowest BCUT2D eigenvalue weighted by Gasteiger charge is -2.17. The maximum Gasteiger partial charge on any atom is 0.161 e. The molecule has 4 heteroatoms. The number of rotatable bonds is 8. The highest BCUT2D eigenvalue weighted by Gasteiger charge is 2.11. The molecular formula is C18H25NO2S. The highest BCUT2D eigenvalue weighted by Crippen LogP contribution is 2.30. The number of hydrogen-bond acceptors (Lipinski definition) is 4. The van der Waals surface area contributed by atoms with Crippen molar-refractivity contribution in [1.29, 1.82) is 0 Å². The highest BCUT2D eigenvalue weighted by atomic mass is 32.1. The predicted octanol–water partition coefficient (Wildman–Crippen LogP) is 4.64. The van der Waals surface area contributed by atoms with E-state index in [0.29, 0.717) is 12.5 Å². The van der Waals surface area contributed by atoms with E-state index in [1.54, 1.807) is 18.4 Å². The van der Waals surface area contributed by atoms with Crippen molar-refractivity contribution in [3.8, 4) is 11.5 Å². The van der Waals surface area contributed by atoms with Crippen LogP contribution in [0.1, 0.15) is 37.3 Å². The largest absolute Gasteiger partial charge is 0.493 e. The summed E-state index contributed by atoms with van der Waals surface area (Å²) < 4.78 is 11.3. The van der Waals surface area contributed by atoms with Crippen molar-refractivity contribution in [2.45, 2.75) is 33.4 Å². The van der Waals surface area contributed by atoms with Gasteiger partial charge in [-0.3, -0.25) is 0 Å². The van der Waals surface area contributed by atoms with Gasteiger partial charge in [0.15, 0.2) is 11.5 Å². The van der Waals surface area contributed by atoms with Gasteiger partial charge in [0.1, 0.15) is 0 Å². The topological polar surface area (TPSA) is 30.5 Å². The second kappa shape index (κ2) is 8.20. The normalized spacial score (nSPS) is 12.4. The minimum atomic E-state index is 0.259. The summed E-state index contributed by atoms with van der Waals surface area (Å²) in [7, 11) is 1.69. The Morgan fingerprint density at radius 3 is 2.59 bits per heavy atom. The number of thiophene rings is 1. The first-order valence-electron chi connectivity index (χ1n) is 7.66. The monoisotopic (exact) mass is 319 g/mol. The molecule has 3 nitrogen and oxygen atoms in total. The molecule has 0 saturated carbocycles. The van der Waals surface area contributed by atoms with E-state index in [0.717, 1.165) is 18.0 Å². The van der Waals surface area contributed by atoms with E-state index >= 15 is 0 Å². The summed E-state index contributed by atoms with van der Waals surface area (Å²) in [5, 5.41) is 5.64. The van der Waals surface area contributed by atoms with Crippen LogP contribution < -0.4 is 14.8 Å². The Morgan fingerprint density at radius 1 is 1.14 bits per heavy atom. The van der Waals surface area contributed by atoms with Crippen LogP contribution in [0.25, 0.3) is 0 Å².